The van der Waals surface area contributed by atoms with Gasteiger partial charge < -0.3 is 0 Å². The average molecular weight is 287 g/mol. The largest absolute Gasteiger partial charge is 0.299 e. The number of carbonyl (C=O) groups excluding carboxylic acids is 1. The summed E-state index contributed by atoms with van der Waals surface area (Å²) in [6.45, 7) is 8.59. The zero-order valence-corrected chi connectivity index (χ0v) is 12.9. The fourth-order valence-electron chi connectivity index (χ4n) is 1.60. The Labute approximate surface area is 119 Å². The zero-order valence-electron chi connectivity index (χ0n) is 11.4. The Morgan fingerprint density at radius 3 is 2.33 bits per heavy atom. The second-order valence-electron chi connectivity index (χ2n) is 5.94. The van der Waals surface area contributed by atoms with Crippen molar-refractivity contribution in [2.24, 2.45) is 11.3 Å². The Morgan fingerprint density at radius 2 is 1.83 bits per heavy atom. The summed E-state index contributed by atoms with van der Waals surface area (Å²) >= 11 is 11.8. The van der Waals surface area contributed by atoms with Crippen molar-refractivity contribution in [3.63, 3.8) is 0 Å². The predicted molar refractivity (Wildman–Crippen MR) is 78.4 cm³/mol. The molecule has 0 fully saturated rings. The van der Waals surface area contributed by atoms with Crippen molar-refractivity contribution in [1.82, 2.24) is 0 Å². The van der Waals surface area contributed by atoms with E-state index in [1.807, 2.05) is 6.07 Å². The number of Topliss-reactive ketones (excluding diaryl/α,β-unsaturated/α-hetero) is 1. The number of hydrogen-bond donors (Lipinski definition) is 0. The van der Waals surface area contributed by atoms with Gasteiger partial charge in [0.25, 0.3) is 0 Å². The molecule has 0 spiro atoms. The molecule has 0 saturated carbocycles. The van der Waals surface area contributed by atoms with Gasteiger partial charge >= 0.3 is 0 Å². The van der Waals surface area contributed by atoms with Crippen LogP contribution in [0.25, 0.3) is 0 Å². The minimum Gasteiger partial charge on any atom is -0.299 e. The summed E-state index contributed by atoms with van der Waals surface area (Å²) in [5.74, 6) is 0.614. The Hall–Kier alpha value is -0.530. The monoisotopic (exact) mass is 286 g/mol. The van der Waals surface area contributed by atoms with Gasteiger partial charge in [-0.3, -0.25) is 4.79 Å². The van der Waals surface area contributed by atoms with Crippen LogP contribution in [-0.2, 0) is 11.2 Å². The summed E-state index contributed by atoms with van der Waals surface area (Å²) in [7, 11) is 0. The van der Waals surface area contributed by atoms with E-state index < -0.39 is 0 Å². The standard InChI is InChI=1S/C15H20Cl2O/c1-10(15(2,3)4)7-12(18)8-11-5-6-13(16)14(17)9-11/h5-6,9-10H,7-8H2,1-4H3. The normalized spacial score (nSPS) is 13.4. The van der Waals surface area contributed by atoms with E-state index >= 15 is 0 Å². The summed E-state index contributed by atoms with van der Waals surface area (Å²) in [6.07, 6.45) is 1.03. The average Bonchev–Trinajstić information content (AvgIpc) is 2.22. The molecule has 1 aromatic rings. The third-order valence-electron chi connectivity index (χ3n) is 3.40. The number of ketones is 1. The highest BCUT2D eigenvalue weighted by Gasteiger charge is 2.22. The van der Waals surface area contributed by atoms with Crippen LogP contribution in [0, 0.1) is 11.3 Å². The molecule has 18 heavy (non-hydrogen) atoms. The Bertz CT molecular complexity index is 433. The van der Waals surface area contributed by atoms with Crippen LogP contribution in [0.5, 0.6) is 0 Å². The van der Waals surface area contributed by atoms with Gasteiger partial charge in [0.1, 0.15) is 5.78 Å². The van der Waals surface area contributed by atoms with Gasteiger partial charge in [-0.05, 0) is 29.0 Å². The van der Waals surface area contributed by atoms with Gasteiger partial charge in [0, 0.05) is 12.8 Å². The fourth-order valence-corrected chi connectivity index (χ4v) is 1.92. The summed E-state index contributed by atoms with van der Waals surface area (Å²) < 4.78 is 0. The van der Waals surface area contributed by atoms with Crippen molar-refractivity contribution >= 4 is 29.0 Å². The molecular weight excluding hydrogens is 267 g/mol. The van der Waals surface area contributed by atoms with Crippen molar-refractivity contribution in [3.05, 3.63) is 33.8 Å². The van der Waals surface area contributed by atoms with Gasteiger partial charge in [0.05, 0.1) is 10.0 Å². The van der Waals surface area contributed by atoms with E-state index in [2.05, 4.69) is 27.7 Å². The van der Waals surface area contributed by atoms with Crippen molar-refractivity contribution < 1.29 is 4.79 Å². The van der Waals surface area contributed by atoms with Crippen molar-refractivity contribution in [1.29, 1.82) is 0 Å². The molecule has 100 valence electrons. The maximum Gasteiger partial charge on any atom is 0.137 e. The quantitative estimate of drug-likeness (QED) is 0.746. The van der Waals surface area contributed by atoms with Crippen LogP contribution in [0.4, 0.5) is 0 Å². The molecule has 0 N–H and O–H groups in total. The van der Waals surface area contributed by atoms with Crippen LogP contribution in [0.1, 0.15) is 39.7 Å². The van der Waals surface area contributed by atoms with Crippen LogP contribution < -0.4 is 0 Å². The molecule has 1 aromatic carbocycles. The Morgan fingerprint density at radius 1 is 1.22 bits per heavy atom. The Kier molecular flexibility index (Phi) is 5.24. The van der Waals surface area contributed by atoms with Crippen LogP contribution >= 0.6 is 23.2 Å². The third-order valence-corrected chi connectivity index (χ3v) is 4.14. The minimum atomic E-state index is 0.160. The van der Waals surface area contributed by atoms with E-state index in [-0.39, 0.29) is 11.2 Å². The molecular formula is C15H20Cl2O. The van der Waals surface area contributed by atoms with Gasteiger partial charge in [-0.2, -0.15) is 0 Å². The van der Waals surface area contributed by atoms with Crippen LogP contribution in [0.2, 0.25) is 10.0 Å². The Balaban J connectivity index is 2.62. The number of benzene rings is 1. The molecule has 0 amide bonds. The molecule has 3 heteroatoms. The predicted octanol–water partition coefficient (Wildman–Crippen LogP) is 5.18. The molecule has 0 aliphatic rings. The van der Waals surface area contributed by atoms with Crippen LogP contribution in [0.15, 0.2) is 18.2 Å². The van der Waals surface area contributed by atoms with Gasteiger partial charge in [0.15, 0.2) is 0 Å². The van der Waals surface area contributed by atoms with E-state index in [4.69, 9.17) is 23.2 Å². The van der Waals surface area contributed by atoms with Gasteiger partial charge in [0.2, 0.25) is 0 Å². The lowest BCUT2D eigenvalue weighted by molar-refractivity contribution is -0.120. The number of rotatable bonds is 4. The zero-order chi connectivity index (χ0) is 13.9. The third kappa shape index (κ3) is 4.62. The molecule has 0 aromatic heterocycles. The number of halogens is 2. The van der Waals surface area contributed by atoms with Gasteiger partial charge in [-0.1, -0.05) is 57.0 Å². The first-order valence-corrected chi connectivity index (χ1v) is 6.91. The highest BCUT2D eigenvalue weighted by molar-refractivity contribution is 6.42. The van der Waals surface area contributed by atoms with Crippen molar-refractivity contribution in [2.45, 2.75) is 40.5 Å². The molecule has 0 aliphatic carbocycles. The smallest absolute Gasteiger partial charge is 0.137 e. The fraction of sp³-hybridized carbons (Fsp3) is 0.533. The first kappa shape index (κ1) is 15.5. The van der Waals surface area contributed by atoms with Crippen LogP contribution in [0.3, 0.4) is 0 Å². The van der Waals surface area contributed by atoms with E-state index in [0.29, 0.717) is 28.8 Å². The lowest BCUT2D eigenvalue weighted by atomic mass is 9.79. The van der Waals surface area contributed by atoms with Gasteiger partial charge in [-0.25, -0.2) is 0 Å². The SMILES string of the molecule is CC(CC(=O)Cc1ccc(Cl)c(Cl)c1)C(C)(C)C. The minimum absolute atomic E-state index is 0.160. The van der Waals surface area contributed by atoms with Crippen molar-refractivity contribution in [3.8, 4) is 0 Å². The first-order valence-electron chi connectivity index (χ1n) is 6.16. The lowest BCUT2D eigenvalue weighted by Crippen LogP contribution is -2.21. The molecule has 0 heterocycles. The van der Waals surface area contributed by atoms with Crippen molar-refractivity contribution in [2.75, 3.05) is 0 Å². The topological polar surface area (TPSA) is 17.1 Å². The van der Waals surface area contributed by atoms with E-state index in [1.165, 1.54) is 0 Å². The first-order chi connectivity index (χ1) is 8.20. The molecule has 0 bridgehead atoms. The number of hydrogen-bond acceptors (Lipinski definition) is 1. The highest BCUT2D eigenvalue weighted by Crippen LogP contribution is 2.29. The molecule has 0 saturated heterocycles. The maximum atomic E-state index is 12.0. The van der Waals surface area contributed by atoms with Gasteiger partial charge in [-0.15, -0.1) is 0 Å². The maximum absolute atomic E-state index is 12.0. The highest BCUT2D eigenvalue weighted by atomic mass is 35.5. The summed E-state index contributed by atoms with van der Waals surface area (Å²) in [5, 5.41) is 1.03. The van der Waals surface area contributed by atoms with E-state index in [0.717, 1.165) is 5.56 Å². The summed E-state index contributed by atoms with van der Waals surface area (Å²) in [4.78, 5) is 12.0. The second kappa shape index (κ2) is 6.08. The molecule has 1 unspecified atom stereocenters. The molecule has 1 nitrogen and oxygen atoms in total. The molecule has 1 rings (SSSR count). The molecule has 1 atom stereocenters. The lowest BCUT2D eigenvalue weighted by Gasteiger charge is -2.26. The van der Waals surface area contributed by atoms with Crippen LogP contribution in [-0.4, -0.2) is 5.78 Å². The van der Waals surface area contributed by atoms with E-state index in [1.54, 1.807) is 12.1 Å². The van der Waals surface area contributed by atoms with E-state index in [9.17, 15) is 4.79 Å². The number of carbonyl (C=O) groups is 1. The molecule has 0 aliphatic heterocycles. The summed E-state index contributed by atoms with van der Waals surface area (Å²) in [5.41, 5.74) is 1.09. The second-order valence-corrected chi connectivity index (χ2v) is 6.75. The summed E-state index contributed by atoms with van der Waals surface area (Å²) in [6, 6.07) is 5.36. The molecule has 0 radical (unpaired) electrons.